The number of ether oxygens (including phenoxy) is 1. The van der Waals surface area contributed by atoms with E-state index in [9.17, 15) is 14.9 Å². The smallest absolute Gasteiger partial charge is 0.266 e. The van der Waals surface area contributed by atoms with Crippen molar-refractivity contribution in [2.75, 3.05) is 17.2 Å². The summed E-state index contributed by atoms with van der Waals surface area (Å²) in [5, 5.41) is 15.3. The summed E-state index contributed by atoms with van der Waals surface area (Å²) < 4.78 is 6.41. The molecule has 6 nitrogen and oxygen atoms in total. The summed E-state index contributed by atoms with van der Waals surface area (Å²) in [5.74, 6) is -0.607. The summed E-state index contributed by atoms with van der Waals surface area (Å²) in [5.41, 5.74) is 2.33. The molecular formula is C25H19BrClN3O3. The summed E-state index contributed by atoms with van der Waals surface area (Å²) in [6.45, 7) is 1.65. The zero-order chi connectivity index (χ0) is 23.8. The largest absolute Gasteiger partial charge is 0.483 e. The van der Waals surface area contributed by atoms with Crippen LogP contribution in [0.15, 0.2) is 76.8 Å². The van der Waals surface area contributed by atoms with Gasteiger partial charge in [0.1, 0.15) is 17.4 Å². The van der Waals surface area contributed by atoms with E-state index in [1.165, 1.54) is 6.08 Å². The van der Waals surface area contributed by atoms with Gasteiger partial charge in [-0.25, -0.2) is 0 Å². The van der Waals surface area contributed by atoms with Crippen molar-refractivity contribution in [3.8, 4) is 11.8 Å². The van der Waals surface area contributed by atoms with Crippen LogP contribution < -0.4 is 15.4 Å². The lowest BCUT2D eigenvalue weighted by Crippen LogP contribution is -2.21. The molecule has 0 aliphatic carbocycles. The first kappa shape index (κ1) is 24.1. The number of rotatable bonds is 7. The number of carbonyl (C=O) groups is 2. The van der Waals surface area contributed by atoms with Gasteiger partial charge in [-0.3, -0.25) is 9.59 Å². The van der Waals surface area contributed by atoms with Gasteiger partial charge in [-0.2, -0.15) is 5.26 Å². The first-order valence-electron chi connectivity index (χ1n) is 9.83. The van der Waals surface area contributed by atoms with Crippen molar-refractivity contribution in [3.05, 3.63) is 92.9 Å². The van der Waals surface area contributed by atoms with Gasteiger partial charge in [0.15, 0.2) is 6.61 Å². The highest BCUT2D eigenvalue weighted by Crippen LogP contribution is 2.27. The molecule has 0 aliphatic heterocycles. The zero-order valence-electron chi connectivity index (χ0n) is 17.6. The minimum absolute atomic E-state index is 0.151. The van der Waals surface area contributed by atoms with E-state index in [0.717, 1.165) is 5.56 Å². The molecule has 8 heteroatoms. The van der Waals surface area contributed by atoms with Gasteiger partial charge >= 0.3 is 0 Å². The van der Waals surface area contributed by atoms with E-state index >= 15 is 0 Å². The van der Waals surface area contributed by atoms with E-state index in [1.54, 1.807) is 48.5 Å². The Labute approximate surface area is 205 Å². The highest BCUT2D eigenvalue weighted by molar-refractivity contribution is 9.10. The van der Waals surface area contributed by atoms with Crippen LogP contribution >= 0.6 is 27.5 Å². The van der Waals surface area contributed by atoms with Crippen LogP contribution in [0.2, 0.25) is 5.02 Å². The van der Waals surface area contributed by atoms with Gasteiger partial charge in [0, 0.05) is 15.7 Å². The topological polar surface area (TPSA) is 91.2 Å². The number of nitrogens with zero attached hydrogens (tertiary/aromatic N) is 1. The average molecular weight is 525 g/mol. The minimum Gasteiger partial charge on any atom is -0.483 e. The standard InChI is InChI=1S/C25H19BrClN3O3/c1-16-6-2-4-8-21(16)29-24(31)15-33-23-11-10-19(26)13-17(23)12-18(14-28)25(32)30-22-9-5-3-7-20(22)27/h2-13H,15H2,1H3,(H,29,31)(H,30,32)/b18-12+. The predicted molar refractivity (Wildman–Crippen MR) is 133 cm³/mol. The van der Waals surface area contributed by atoms with Crippen molar-refractivity contribution < 1.29 is 14.3 Å². The Hall–Kier alpha value is -3.60. The fourth-order valence-electron chi connectivity index (χ4n) is 2.86. The molecule has 0 bridgehead atoms. The Balaban J connectivity index is 1.76. The average Bonchev–Trinajstić information content (AvgIpc) is 2.79. The maximum absolute atomic E-state index is 12.6. The van der Waals surface area contributed by atoms with Crippen LogP contribution in [0.25, 0.3) is 6.08 Å². The van der Waals surface area contributed by atoms with Gasteiger partial charge in [-0.15, -0.1) is 0 Å². The molecule has 0 atom stereocenters. The number of benzene rings is 3. The Morgan fingerprint density at radius 3 is 2.45 bits per heavy atom. The molecule has 0 radical (unpaired) electrons. The number of para-hydroxylation sites is 2. The fourth-order valence-corrected chi connectivity index (χ4v) is 3.42. The third-order valence-corrected chi connectivity index (χ3v) is 5.36. The van der Waals surface area contributed by atoms with Crippen molar-refractivity contribution in [3.63, 3.8) is 0 Å². The predicted octanol–water partition coefficient (Wildman–Crippen LogP) is 5.97. The summed E-state index contributed by atoms with van der Waals surface area (Å²) in [6, 6.07) is 21.1. The van der Waals surface area contributed by atoms with Gasteiger partial charge in [-0.05, 0) is 55.0 Å². The summed E-state index contributed by atoms with van der Waals surface area (Å²) in [6.07, 6.45) is 1.39. The number of hydrogen-bond acceptors (Lipinski definition) is 4. The summed E-state index contributed by atoms with van der Waals surface area (Å²) in [7, 11) is 0. The van der Waals surface area contributed by atoms with Gasteiger partial charge in [0.25, 0.3) is 11.8 Å². The van der Waals surface area contributed by atoms with Crippen LogP contribution in [0.3, 0.4) is 0 Å². The van der Waals surface area contributed by atoms with Crippen LogP contribution in [0, 0.1) is 18.3 Å². The second-order valence-corrected chi connectivity index (χ2v) is 8.26. The normalized spacial score (nSPS) is 10.8. The lowest BCUT2D eigenvalue weighted by atomic mass is 10.1. The van der Waals surface area contributed by atoms with E-state index in [0.29, 0.717) is 32.2 Å². The second kappa shape index (κ2) is 11.3. The minimum atomic E-state index is -0.617. The van der Waals surface area contributed by atoms with Crippen LogP contribution in [-0.2, 0) is 9.59 Å². The molecule has 3 aromatic rings. The fraction of sp³-hybridized carbons (Fsp3) is 0.0800. The zero-order valence-corrected chi connectivity index (χ0v) is 19.9. The molecule has 0 saturated carbocycles. The van der Waals surface area contributed by atoms with Crippen molar-refractivity contribution in [2.24, 2.45) is 0 Å². The maximum atomic E-state index is 12.6. The number of amides is 2. The first-order valence-corrected chi connectivity index (χ1v) is 11.0. The van der Waals surface area contributed by atoms with E-state index in [1.807, 2.05) is 31.2 Å². The van der Waals surface area contributed by atoms with Gasteiger partial charge < -0.3 is 15.4 Å². The molecule has 0 heterocycles. The molecule has 0 saturated heterocycles. The monoisotopic (exact) mass is 523 g/mol. The molecule has 2 N–H and O–H groups in total. The Morgan fingerprint density at radius 2 is 1.76 bits per heavy atom. The van der Waals surface area contributed by atoms with E-state index in [2.05, 4.69) is 26.6 Å². The van der Waals surface area contributed by atoms with Crippen LogP contribution in [0.5, 0.6) is 5.75 Å². The number of aryl methyl sites for hydroxylation is 1. The van der Waals surface area contributed by atoms with Crippen molar-refractivity contribution in [2.45, 2.75) is 6.92 Å². The Kier molecular flexibility index (Phi) is 8.25. The SMILES string of the molecule is Cc1ccccc1NC(=O)COc1ccc(Br)cc1/C=C(\C#N)C(=O)Nc1ccccc1Cl. The molecule has 3 aromatic carbocycles. The van der Waals surface area contributed by atoms with Crippen LogP contribution in [-0.4, -0.2) is 18.4 Å². The molecule has 33 heavy (non-hydrogen) atoms. The highest BCUT2D eigenvalue weighted by Gasteiger charge is 2.14. The third kappa shape index (κ3) is 6.69. The van der Waals surface area contributed by atoms with E-state index < -0.39 is 5.91 Å². The number of hydrogen-bond donors (Lipinski definition) is 2. The molecule has 0 spiro atoms. The molecule has 0 fully saturated rings. The van der Waals surface area contributed by atoms with Crippen LogP contribution in [0.1, 0.15) is 11.1 Å². The molecule has 166 valence electrons. The van der Waals surface area contributed by atoms with Crippen molar-refractivity contribution in [1.29, 1.82) is 5.26 Å². The van der Waals surface area contributed by atoms with Crippen molar-refractivity contribution in [1.82, 2.24) is 0 Å². The van der Waals surface area contributed by atoms with Gasteiger partial charge in [0.2, 0.25) is 0 Å². The summed E-state index contributed by atoms with van der Waals surface area (Å²) in [4.78, 5) is 25.0. The second-order valence-electron chi connectivity index (χ2n) is 6.94. The molecule has 0 unspecified atom stereocenters. The Morgan fingerprint density at radius 1 is 1.06 bits per heavy atom. The van der Waals surface area contributed by atoms with Crippen LogP contribution in [0.4, 0.5) is 11.4 Å². The maximum Gasteiger partial charge on any atom is 0.266 e. The van der Waals surface area contributed by atoms with Gasteiger partial charge in [-0.1, -0.05) is 57.9 Å². The molecule has 0 aliphatic rings. The lowest BCUT2D eigenvalue weighted by Gasteiger charge is -2.12. The quantitative estimate of drug-likeness (QED) is 0.294. The first-order chi connectivity index (χ1) is 15.9. The molecular weight excluding hydrogens is 506 g/mol. The number of nitrogens with one attached hydrogen (secondary N) is 2. The number of anilines is 2. The molecule has 0 aromatic heterocycles. The lowest BCUT2D eigenvalue weighted by molar-refractivity contribution is -0.118. The van der Waals surface area contributed by atoms with Gasteiger partial charge in [0.05, 0.1) is 10.7 Å². The van der Waals surface area contributed by atoms with E-state index in [4.69, 9.17) is 16.3 Å². The van der Waals surface area contributed by atoms with E-state index in [-0.39, 0.29) is 18.1 Å². The molecule has 2 amide bonds. The number of halogens is 2. The number of nitriles is 1. The third-order valence-electron chi connectivity index (χ3n) is 4.54. The Bertz CT molecular complexity index is 1270. The highest BCUT2D eigenvalue weighted by atomic mass is 79.9. The summed E-state index contributed by atoms with van der Waals surface area (Å²) >= 11 is 9.46. The molecule has 3 rings (SSSR count). The van der Waals surface area contributed by atoms with Crippen molar-refractivity contribution >= 4 is 56.8 Å². The number of carbonyl (C=O) groups excluding carboxylic acids is 2.